The average molecular weight is 393 g/mol. The number of aromatic nitrogens is 1. The molecule has 29 heavy (non-hydrogen) atoms. The zero-order valence-corrected chi connectivity index (χ0v) is 15.8. The van der Waals surface area contributed by atoms with Gasteiger partial charge in [-0.2, -0.15) is 0 Å². The number of hydrogen-bond acceptors (Lipinski definition) is 5. The van der Waals surface area contributed by atoms with Crippen LogP contribution in [0.2, 0.25) is 0 Å². The van der Waals surface area contributed by atoms with Crippen LogP contribution in [0.1, 0.15) is 33.2 Å². The molecule has 0 saturated heterocycles. The van der Waals surface area contributed by atoms with Gasteiger partial charge in [0.05, 0.1) is 17.7 Å². The van der Waals surface area contributed by atoms with Crippen molar-refractivity contribution < 1.29 is 18.7 Å². The number of anilines is 2. The summed E-state index contributed by atoms with van der Waals surface area (Å²) in [4.78, 5) is 28.1. The fourth-order valence-electron chi connectivity index (χ4n) is 2.57. The van der Waals surface area contributed by atoms with Crippen LogP contribution < -0.4 is 10.6 Å². The van der Waals surface area contributed by atoms with Crippen molar-refractivity contribution in [3.05, 3.63) is 89.4 Å². The highest BCUT2D eigenvalue weighted by Gasteiger charge is 2.09. The lowest BCUT2D eigenvalue weighted by atomic mass is 10.2. The van der Waals surface area contributed by atoms with Gasteiger partial charge in [0.1, 0.15) is 11.6 Å². The van der Waals surface area contributed by atoms with E-state index < -0.39 is 0 Å². The van der Waals surface area contributed by atoms with Crippen LogP contribution in [0.15, 0.2) is 66.9 Å². The minimum atomic E-state index is -0.372. The quantitative estimate of drug-likeness (QED) is 0.592. The van der Waals surface area contributed by atoms with Gasteiger partial charge in [0.15, 0.2) is 0 Å². The number of carbonyl (C=O) groups excluding carboxylic acids is 2. The monoisotopic (exact) mass is 393 g/mol. The molecule has 0 bridgehead atoms. The number of ether oxygens (including phenoxy) is 1. The molecule has 0 radical (unpaired) electrons. The number of nitrogens with one attached hydrogen (secondary N) is 2. The van der Waals surface area contributed by atoms with Gasteiger partial charge in [0, 0.05) is 24.0 Å². The van der Waals surface area contributed by atoms with E-state index in [2.05, 4.69) is 15.6 Å². The molecule has 148 valence electrons. The molecule has 1 amide bonds. The van der Waals surface area contributed by atoms with Crippen LogP contribution >= 0.6 is 0 Å². The number of pyridine rings is 1. The van der Waals surface area contributed by atoms with E-state index in [9.17, 15) is 14.0 Å². The molecule has 0 aliphatic rings. The summed E-state index contributed by atoms with van der Waals surface area (Å²) in [7, 11) is 0. The van der Waals surface area contributed by atoms with E-state index in [0.29, 0.717) is 29.1 Å². The van der Waals surface area contributed by atoms with E-state index in [-0.39, 0.29) is 24.2 Å². The average Bonchev–Trinajstić information content (AvgIpc) is 2.74. The fourth-order valence-corrected chi connectivity index (χ4v) is 2.57. The normalized spacial score (nSPS) is 10.3. The van der Waals surface area contributed by atoms with Crippen LogP contribution in [0.5, 0.6) is 0 Å². The van der Waals surface area contributed by atoms with Crippen molar-refractivity contribution in [1.29, 1.82) is 0 Å². The molecule has 0 atom stereocenters. The highest BCUT2D eigenvalue weighted by molar-refractivity contribution is 5.94. The Hall–Kier alpha value is -3.74. The number of hydrogen-bond donors (Lipinski definition) is 2. The topological polar surface area (TPSA) is 80.3 Å². The van der Waals surface area contributed by atoms with Gasteiger partial charge < -0.3 is 15.4 Å². The molecular formula is C22H20FN3O3. The maximum Gasteiger partial charge on any atom is 0.338 e. The third kappa shape index (κ3) is 5.38. The van der Waals surface area contributed by atoms with Crippen molar-refractivity contribution in [2.75, 3.05) is 11.9 Å². The Morgan fingerprint density at radius 1 is 1.00 bits per heavy atom. The van der Waals surface area contributed by atoms with Crippen LogP contribution in [0.4, 0.5) is 15.9 Å². The van der Waals surface area contributed by atoms with Gasteiger partial charge in [0.25, 0.3) is 5.91 Å². The van der Waals surface area contributed by atoms with Gasteiger partial charge in [-0.05, 0) is 49.4 Å². The van der Waals surface area contributed by atoms with Crippen molar-refractivity contribution in [1.82, 2.24) is 10.3 Å². The zero-order valence-electron chi connectivity index (χ0n) is 15.8. The first kappa shape index (κ1) is 20.0. The van der Waals surface area contributed by atoms with E-state index in [0.717, 1.165) is 5.69 Å². The Kier molecular flexibility index (Phi) is 6.52. The van der Waals surface area contributed by atoms with Crippen molar-refractivity contribution in [3.8, 4) is 0 Å². The van der Waals surface area contributed by atoms with Gasteiger partial charge in [-0.3, -0.25) is 4.79 Å². The van der Waals surface area contributed by atoms with Crippen molar-refractivity contribution >= 4 is 23.4 Å². The summed E-state index contributed by atoms with van der Waals surface area (Å²) < 4.78 is 18.6. The number of rotatable bonds is 7. The summed E-state index contributed by atoms with van der Waals surface area (Å²) in [6.07, 6.45) is 1.44. The minimum absolute atomic E-state index is 0.0956. The predicted octanol–water partition coefficient (Wildman–Crippen LogP) is 4.07. The van der Waals surface area contributed by atoms with Crippen molar-refractivity contribution in [3.63, 3.8) is 0 Å². The Bertz CT molecular complexity index is 989. The lowest BCUT2D eigenvalue weighted by Gasteiger charge is -2.09. The molecule has 0 fully saturated rings. The fraction of sp³-hybridized carbons (Fsp3) is 0.136. The van der Waals surface area contributed by atoms with Crippen molar-refractivity contribution in [2.24, 2.45) is 0 Å². The van der Waals surface area contributed by atoms with Crippen LogP contribution in [-0.2, 0) is 11.3 Å². The van der Waals surface area contributed by atoms with Gasteiger partial charge in [-0.1, -0.05) is 18.2 Å². The summed E-state index contributed by atoms with van der Waals surface area (Å²) in [5.41, 5.74) is 1.98. The lowest BCUT2D eigenvalue weighted by Crippen LogP contribution is -2.23. The molecule has 0 saturated carbocycles. The number of benzene rings is 2. The predicted molar refractivity (Wildman–Crippen MR) is 107 cm³/mol. The molecular weight excluding hydrogens is 373 g/mol. The number of halogens is 1. The SMILES string of the molecule is CCOC(=O)c1ccc(Nc2ccc(C(=O)NCc3ccccc3F)cn2)cc1. The van der Waals surface area contributed by atoms with Gasteiger partial charge >= 0.3 is 5.97 Å². The number of nitrogens with zero attached hydrogens (tertiary/aromatic N) is 1. The van der Waals surface area contributed by atoms with Crippen LogP contribution in [0, 0.1) is 5.82 Å². The Morgan fingerprint density at radius 2 is 1.72 bits per heavy atom. The molecule has 2 aromatic carbocycles. The second kappa shape index (κ2) is 9.45. The Balaban J connectivity index is 1.57. The van der Waals surface area contributed by atoms with E-state index in [1.165, 1.54) is 12.3 Å². The maximum absolute atomic E-state index is 13.6. The smallest absolute Gasteiger partial charge is 0.338 e. The number of carbonyl (C=O) groups is 2. The molecule has 7 heteroatoms. The summed E-state index contributed by atoms with van der Waals surface area (Å²) in [6, 6.07) is 16.4. The zero-order chi connectivity index (χ0) is 20.6. The maximum atomic E-state index is 13.6. The molecule has 3 rings (SSSR count). The minimum Gasteiger partial charge on any atom is -0.462 e. The van der Waals surface area contributed by atoms with Crippen LogP contribution in [0.25, 0.3) is 0 Å². The third-order valence-corrected chi connectivity index (χ3v) is 4.09. The highest BCUT2D eigenvalue weighted by atomic mass is 19.1. The molecule has 6 nitrogen and oxygen atoms in total. The molecule has 1 aromatic heterocycles. The molecule has 1 heterocycles. The standard InChI is InChI=1S/C22H20FN3O3/c1-2-29-22(28)15-7-10-18(11-8-15)26-20-12-9-17(14-24-20)21(27)25-13-16-5-3-4-6-19(16)23/h3-12,14H,2,13H2,1H3,(H,24,26)(H,25,27). The number of amides is 1. The van der Waals surface area contributed by atoms with Gasteiger partial charge in [-0.15, -0.1) is 0 Å². The largest absolute Gasteiger partial charge is 0.462 e. The number of esters is 1. The van der Waals surface area contributed by atoms with Gasteiger partial charge in [-0.25, -0.2) is 14.2 Å². The summed E-state index contributed by atoms with van der Waals surface area (Å²) in [6.45, 7) is 2.17. The highest BCUT2D eigenvalue weighted by Crippen LogP contribution is 2.16. The van der Waals surface area contributed by atoms with E-state index in [4.69, 9.17) is 4.74 Å². The molecule has 3 aromatic rings. The molecule has 0 aliphatic heterocycles. The molecule has 0 aliphatic carbocycles. The van der Waals surface area contributed by atoms with Crippen LogP contribution in [0.3, 0.4) is 0 Å². The first-order valence-electron chi connectivity index (χ1n) is 9.08. The summed E-state index contributed by atoms with van der Waals surface area (Å²) in [5.74, 6) is -0.534. The Morgan fingerprint density at radius 3 is 2.38 bits per heavy atom. The first-order valence-corrected chi connectivity index (χ1v) is 9.08. The molecule has 2 N–H and O–H groups in total. The molecule has 0 spiro atoms. The van der Waals surface area contributed by atoms with Crippen molar-refractivity contribution in [2.45, 2.75) is 13.5 Å². The Labute approximate surface area is 167 Å². The summed E-state index contributed by atoms with van der Waals surface area (Å²) in [5, 5.41) is 5.76. The second-order valence-electron chi connectivity index (χ2n) is 6.13. The summed E-state index contributed by atoms with van der Waals surface area (Å²) >= 11 is 0. The van der Waals surface area contributed by atoms with Gasteiger partial charge in [0.2, 0.25) is 0 Å². The lowest BCUT2D eigenvalue weighted by molar-refractivity contribution is 0.0526. The first-order chi connectivity index (χ1) is 14.1. The molecule has 0 unspecified atom stereocenters. The van der Waals surface area contributed by atoms with Crippen LogP contribution in [-0.4, -0.2) is 23.5 Å². The van der Waals surface area contributed by atoms with E-state index in [1.54, 1.807) is 61.5 Å². The van der Waals surface area contributed by atoms with E-state index in [1.807, 2.05) is 0 Å². The third-order valence-electron chi connectivity index (χ3n) is 4.09. The second-order valence-corrected chi connectivity index (χ2v) is 6.13. The van der Waals surface area contributed by atoms with E-state index >= 15 is 0 Å².